The van der Waals surface area contributed by atoms with Crippen LogP contribution in [0.25, 0.3) is 0 Å². The smallest absolute Gasteiger partial charge is 0.312 e. The maximum Gasteiger partial charge on any atom is 0.312 e. The van der Waals surface area contributed by atoms with Crippen LogP contribution in [0.2, 0.25) is 0 Å². The molecule has 4 heteroatoms. The van der Waals surface area contributed by atoms with Crippen molar-refractivity contribution in [1.82, 2.24) is 4.90 Å². The first kappa shape index (κ1) is 17.6. The van der Waals surface area contributed by atoms with Crippen molar-refractivity contribution < 1.29 is 15.0 Å². The number of aliphatic hydroxyl groups excluding tert-OH is 1. The summed E-state index contributed by atoms with van der Waals surface area (Å²) < 4.78 is 0. The summed E-state index contributed by atoms with van der Waals surface area (Å²) in [5.41, 5.74) is 2.25. The van der Waals surface area contributed by atoms with Crippen LogP contribution < -0.4 is 0 Å². The van der Waals surface area contributed by atoms with Crippen molar-refractivity contribution in [1.29, 1.82) is 0 Å². The number of piperidine rings is 1. The SMILES string of the molecule is Cc1cccc(CN2CC[C@](Cc3ccccc3)(C(=O)O)C(O)C2)c1. The predicted molar refractivity (Wildman–Crippen MR) is 97.3 cm³/mol. The number of carboxylic acids is 1. The van der Waals surface area contributed by atoms with Gasteiger partial charge < -0.3 is 10.2 Å². The summed E-state index contributed by atoms with van der Waals surface area (Å²) in [4.78, 5) is 14.2. The molecule has 4 nitrogen and oxygen atoms in total. The number of β-amino-alcohol motifs (C(OH)–C–C–N with tert-alkyl or cyclic N) is 1. The molecule has 1 aliphatic heterocycles. The summed E-state index contributed by atoms with van der Waals surface area (Å²) in [6.07, 6.45) is -0.0731. The van der Waals surface area contributed by atoms with Gasteiger partial charge in [-0.2, -0.15) is 0 Å². The highest BCUT2D eigenvalue weighted by Gasteiger charge is 2.48. The summed E-state index contributed by atoms with van der Waals surface area (Å²) in [7, 11) is 0. The second kappa shape index (κ2) is 7.38. The zero-order valence-corrected chi connectivity index (χ0v) is 14.6. The van der Waals surface area contributed by atoms with E-state index in [1.54, 1.807) is 0 Å². The van der Waals surface area contributed by atoms with E-state index in [1.807, 2.05) is 36.4 Å². The van der Waals surface area contributed by atoms with Gasteiger partial charge in [0, 0.05) is 13.1 Å². The summed E-state index contributed by atoms with van der Waals surface area (Å²) in [5.74, 6) is -0.904. The zero-order valence-electron chi connectivity index (χ0n) is 14.6. The number of hydrogen-bond donors (Lipinski definition) is 2. The maximum absolute atomic E-state index is 12.0. The van der Waals surface area contributed by atoms with Crippen LogP contribution in [0.1, 0.15) is 23.1 Å². The second-order valence-electron chi connectivity index (χ2n) is 7.11. The molecule has 3 rings (SSSR count). The van der Waals surface area contributed by atoms with Crippen LogP contribution >= 0.6 is 0 Å². The van der Waals surface area contributed by atoms with Gasteiger partial charge in [0.15, 0.2) is 0 Å². The number of carboxylic acid groups (broad SMARTS) is 1. The van der Waals surface area contributed by atoms with Crippen LogP contribution in [-0.4, -0.2) is 40.3 Å². The van der Waals surface area contributed by atoms with E-state index in [9.17, 15) is 15.0 Å². The lowest BCUT2D eigenvalue weighted by Crippen LogP contribution is -2.55. The van der Waals surface area contributed by atoms with Crippen LogP contribution in [0.15, 0.2) is 54.6 Å². The minimum absolute atomic E-state index is 0.364. The molecule has 0 bridgehead atoms. The molecule has 0 amide bonds. The Morgan fingerprint density at radius 1 is 1.16 bits per heavy atom. The van der Waals surface area contributed by atoms with Gasteiger partial charge in [0.25, 0.3) is 0 Å². The third-order valence-corrected chi connectivity index (χ3v) is 5.22. The van der Waals surface area contributed by atoms with Crippen LogP contribution in [0.5, 0.6) is 0 Å². The molecule has 1 fully saturated rings. The molecule has 1 saturated heterocycles. The molecule has 1 unspecified atom stereocenters. The van der Waals surface area contributed by atoms with E-state index in [0.717, 1.165) is 12.1 Å². The molecule has 2 N–H and O–H groups in total. The Labute approximate surface area is 148 Å². The summed E-state index contributed by atoms with van der Waals surface area (Å²) in [6, 6.07) is 17.9. The number of hydrogen-bond acceptors (Lipinski definition) is 3. The number of benzene rings is 2. The van der Waals surface area contributed by atoms with E-state index in [0.29, 0.717) is 25.9 Å². The number of rotatable bonds is 5. The number of aryl methyl sites for hydroxylation is 1. The van der Waals surface area contributed by atoms with Gasteiger partial charge in [0.05, 0.1) is 6.10 Å². The van der Waals surface area contributed by atoms with E-state index < -0.39 is 17.5 Å². The summed E-state index contributed by atoms with van der Waals surface area (Å²) in [6.45, 7) is 3.85. The van der Waals surface area contributed by atoms with Gasteiger partial charge in [-0.05, 0) is 37.4 Å². The number of nitrogens with zero attached hydrogens (tertiary/aromatic N) is 1. The Balaban J connectivity index is 1.73. The Morgan fingerprint density at radius 2 is 1.88 bits per heavy atom. The topological polar surface area (TPSA) is 60.8 Å². The van der Waals surface area contributed by atoms with Gasteiger partial charge >= 0.3 is 5.97 Å². The third-order valence-electron chi connectivity index (χ3n) is 5.22. The normalized spacial score (nSPS) is 24.2. The molecule has 25 heavy (non-hydrogen) atoms. The van der Waals surface area contributed by atoms with E-state index in [-0.39, 0.29) is 0 Å². The Hall–Kier alpha value is -2.17. The van der Waals surface area contributed by atoms with E-state index in [4.69, 9.17) is 0 Å². The molecule has 0 aromatic heterocycles. The number of aliphatic hydroxyl groups is 1. The molecule has 2 aromatic rings. The molecule has 2 aromatic carbocycles. The average molecular weight is 339 g/mol. The molecular formula is C21H25NO3. The molecule has 132 valence electrons. The Kier molecular flexibility index (Phi) is 5.21. The Morgan fingerprint density at radius 3 is 2.52 bits per heavy atom. The number of aliphatic carboxylic acids is 1. The van der Waals surface area contributed by atoms with Gasteiger partial charge in [-0.1, -0.05) is 60.2 Å². The fourth-order valence-corrected chi connectivity index (χ4v) is 3.74. The highest BCUT2D eigenvalue weighted by Crippen LogP contribution is 2.36. The fraction of sp³-hybridized carbons (Fsp3) is 0.381. The van der Waals surface area contributed by atoms with Crippen molar-refractivity contribution in [3.8, 4) is 0 Å². The lowest BCUT2D eigenvalue weighted by molar-refractivity contribution is -0.163. The quantitative estimate of drug-likeness (QED) is 0.879. The van der Waals surface area contributed by atoms with Crippen LogP contribution in [0.4, 0.5) is 0 Å². The van der Waals surface area contributed by atoms with Gasteiger partial charge in [-0.15, -0.1) is 0 Å². The summed E-state index contributed by atoms with van der Waals surface area (Å²) >= 11 is 0. The molecule has 2 atom stereocenters. The van der Waals surface area contributed by atoms with Crippen molar-refractivity contribution in [2.45, 2.75) is 32.4 Å². The molecule has 0 spiro atoms. The van der Waals surface area contributed by atoms with Crippen LogP contribution in [0.3, 0.4) is 0 Å². The highest BCUT2D eigenvalue weighted by atomic mass is 16.4. The minimum atomic E-state index is -1.11. The molecule has 0 saturated carbocycles. The standard InChI is InChI=1S/C21H25NO3/c1-16-6-5-9-18(12-16)14-22-11-10-21(20(24)25,19(23)15-22)13-17-7-3-2-4-8-17/h2-9,12,19,23H,10-11,13-15H2,1H3,(H,24,25)/t19?,21-/m1/s1. The molecular weight excluding hydrogens is 314 g/mol. The molecule has 0 aliphatic carbocycles. The molecule has 1 heterocycles. The first-order chi connectivity index (χ1) is 12.0. The van der Waals surface area contributed by atoms with E-state index in [2.05, 4.69) is 30.0 Å². The number of likely N-dealkylation sites (tertiary alicyclic amines) is 1. The Bertz CT molecular complexity index is 731. The van der Waals surface area contributed by atoms with Crippen LogP contribution in [-0.2, 0) is 17.8 Å². The van der Waals surface area contributed by atoms with Crippen molar-refractivity contribution in [2.75, 3.05) is 13.1 Å². The van der Waals surface area contributed by atoms with Gasteiger partial charge in [-0.25, -0.2) is 0 Å². The predicted octanol–water partition coefficient (Wildman–Crippen LogP) is 2.88. The minimum Gasteiger partial charge on any atom is -0.481 e. The first-order valence-corrected chi connectivity index (χ1v) is 8.73. The number of carbonyl (C=O) groups is 1. The van der Waals surface area contributed by atoms with Crippen molar-refractivity contribution in [3.05, 3.63) is 71.3 Å². The van der Waals surface area contributed by atoms with Gasteiger partial charge in [0.2, 0.25) is 0 Å². The monoisotopic (exact) mass is 339 g/mol. The van der Waals surface area contributed by atoms with E-state index >= 15 is 0 Å². The second-order valence-corrected chi connectivity index (χ2v) is 7.11. The highest BCUT2D eigenvalue weighted by molar-refractivity contribution is 5.76. The maximum atomic E-state index is 12.0. The van der Waals surface area contributed by atoms with Gasteiger partial charge in [-0.3, -0.25) is 9.69 Å². The lowest BCUT2D eigenvalue weighted by atomic mass is 9.71. The fourth-order valence-electron chi connectivity index (χ4n) is 3.74. The zero-order chi connectivity index (χ0) is 17.9. The van der Waals surface area contributed by atoms with Crippen molar-refractivity contribution >= 4 is 5.97 Å². The van der Waals surface area contributed by atoms with Gasteiger partial charge in [0.1, 0.15) is 5.41 Å². The first-order valence-electron chi connectivity index (χ1n) is 8.73. The molecule has 1 aliphatic rings. The third kappa shape index (κ3) is 3.91. The lowest BCUT2D eigenvalue weighted by Gasteiger charge is -2.43. The van der Waals surface area contributed by atoms with Crippen LogP contribution in [0, 0.1) is 12.3 Å². The average Bonchev–Trinajstić information content (AvgIpc) is 2.58. The van der Waals surface area contributed by atoms with E-state index in [1.165, 1.54) is 11.1 Å². The largest absolute Gasteiger partial charge is 0.481 e. The van der Waals surface area contributed by atoms with Crippen molar-refractivity contribution in [2.24, 2.45) is 5.41 Å². The molecule has 0 radical (unpaired) electrons. The van der Waals surface area contributed by atoms with Crippen molar-refractivity contribution in [3.63, 3.8) is 0 Å². The summed E-state index contributed by atoms with van der Waals surface area (Å²) in [5, 5.41) is 20.6.